The number of amides is 1. The normalized spacial score (nSPS) is 13.2. The highest BCUT2D eigenvalue weighted by Crippen LogP contribution is 2.26. The Balaban J connectivity index is 1.89. The Hall–Kier alpha value is -2.43. The maximum Gasteiger partial charge on any atom is 0.256 e. The van der Waals surface area contributed by atoms with E-state index in [0.29, 0.717) is 5.56 Å². The Labute approximate surface area is 121 Å². The van der Waals surface area contributed by atoms with E-state index in [-0.39, 0.29) is 11.6 Å². The number of nitrogens with one attached hydrogen (secondary N) is 2. The number of rotatable bonds is 2. The van der Waals surface area contributed by atoms with E-state index in [0.717, 1.165) is 42.8 Å². The fourth-order valence-electron chi connectivity index (χ4n) is 2.50. The monoisotopic (exact) mass is 288 g/mol. The van der Waals surface area contributed by atoms with Crippen molar-refractivity contribution in [2.75, 3.05) is 17.2 Å². The Morgan fingerprint density at radius 1 is 1.19 bits per heavy atom. The minimum Gasteiger partial charge on any atom is -0.385 e. The highest BCUT2D eigenvalue weighted by molar-refractivity contribution is 6.06. The quantitative estimate of drug-likeness (QED) is 0.887. The number of carbonyl (C=O) groups is 1. The molecule has 3 rings (SSSR count). The first-order valence-electron chi connectivity index (χ1n) is 6.77. The van der Waals surface area contributed by atoms with Crippen molar-refractivity contribution in [1.29, 1.82) is 0 Å². The van der Waals surface area contributed by atoms with Crippen molar-refractivity contribution in [3.63, 3.8) is 0 Å². The van der Waals surface area contributed by atoms with E-state index in [9.17, 15) is 13.6 Å². The van der Waals surface area contributed by atoms with Gasteiger partial charge in [-0.15, -0.1) is 0 Å². The second-order valence-corrected chi connectivity index (χ2v) is 4.94. The molecule has 3 nitrogen and oxygen atoms in total. The van der Waals surface area contributed by atoms with Crippen LogP contribution in [0, 0.1) is 11.6 Å². The number of carbonyl (C=O) groups excluding carboxylic acids is 1. The van der Waals surface area contributed by atoms with Gasteiger partial charge in [0.2, 0.25) is 0 Å². The van der Waals surface area contributed by atoms with Gasteiger partial charge in [0.25, 0.3) is 5.91 Å². The van der Waals surface area contributed by atoms with Crippen LogP contribution in [0.15, 0.2) is 36.4 Å². The van der Waals surface area contributed by atoms with Crippen LogP contribution in [-0.2, 0) is 6.42 Å². The summed E-state index contributed by atoms with van der Waals surface area (Å²) >= 11 is 0. The second kappa shape index (κ2) is 5.52. The number of halogens is 2. The van der Waals surface area contributed by atoms with Gasteiger partial charge < -0.3 is 10.6 Å². The SMILES string of the molecule is O=C(Nc1ccc(F)cc1F)c1cccc2c1CCCN2. The largest absolute Gasteiger partial charge is 0.385 e. The number of anilines is 2. The fourth-order valence-corrected chi connectivity index (χ4v) is 2.50. The van der Waals surface area contributed by atoms with E-state index in [2.05, 4.69) is 10.6 Å². The Bertz CT molecular complexity index is 701. The molecule has 0 unspecified atom stereocenters. The molecule has 1 amide bonds. The molecule has 0 aliphatic carbocycles. The molecule has 108 valence electrons. The minimum atomic E-state index is -0.786. The first-order chi connectivity index (χ1) is 10.1. The predicted molar refractivity (Wildman–Crippen MR) is 77.6 cm³/mol. The Kier molecular flexibility index (Phi) is 3.56. The van der Waals surface area contributed by atoms with E-state index >= 15 is 0 Å². The molecule has 0 fully saturated rings. The molecular weight excluding hydrogens is 274 g/mol. The van der Waals surface area contributed by atoms with Gasteiger partial charge in [-0.05, 0) is 42.7 Å². The molecule has 2 aromatic rings. The van der Waals surface area contributed by atoms with Gasteiger partial charge in [-0.1, -0.05) is 6.07 Å². The van der Waals surface area contributed by atoms with Crippen molar-refractivity contribution in [2.45, 2.75) is 12.8 Å². The van der Waals surface area contributed by atoms with Crippen LogP contribution in [-0.4, -0.2) is 12.5 Å². The molecule has 0 saturated carbocycles. The number of benzene rings is 2. The summed E-state index contributed by atoms with van der Waals surface area (Å²) in [7, 11) is 0. The average Bonchev–Trinajstić information content (AvgIpc) is 2.49. The summed E-state index contributed by atoms with van der Waals surface area (Å²) in [4.78, 5) is 12.3. The zero-order valence-corrected chi connectivity index (χ0v) is 11.2. The highest BCUT2D eigenvalue weighted by atomic mass is 19.1. The zero-order chi connectivity index (χ0) is 14.8. The van der Waals surface area contributed by atoms with Gasteiger partial charge in [-0.2, -0.15) is 0 Å². The molecule has 0 aromatic heterocycles. The molecule has 0 atom stereocenters. The summed E-state index contributed by atoms with van der Waals surface area (Å²) in [5, 5.41) is 5.73. The lowest BCUT2D eigenvalue weighted by molar-refractivity contribution is 0.102. The maximum absolute atomic E-state index is 13.6. The van der Waals surface area contributed by atoms with Gasteiger partial charge in [-0.25, -0.2) is 8.78 Å². The molecule has 1 heterocycles. The molecule has 5 heteroatoms. The van der Waals surface area contributed by atoms with Gasteiger partial charge in [0, 0.05) is 23.9 Å². The fraction of sp³-hybridized carbons (Fsp3) is 0.188. The van der Waals surface area contributed by atoms with Crippen molar-refractivity contribution in [1.82, 2.24) is 0 Å². The summed E-state index contributed by atoms with van der Waals surface area (Å²) in [6.07, 6.45) is 1.75. The number of fused-ring (bicyclic) bond motifs is 1. The molecule has 0 saturated heterocycles. The summed E-state index contributed by atoms with van der Waals surface area (Å²) < 4.78 is 26.5. The van der Waals surface area contributed by atoms with Gasteiger partial charge in [0.1, 0.15) is 11.6 Å². The second-order valence-electron chi connectivity index (χ2n) is 4.94. The molecule has 0 bridgehead atoms. The van der Waals surface area contributed by atoms with E-state index in [1.807, 2.05) is 6.07 Å². The average molecular weight is 288 g/mol. The summed E-state index contributed by atoms with van der Waals surface area (Å²) in [5.41, 5.74) is 2.36. The first kappa shape index (κ1) is 13.5. The summed E-state index contributed by atoms with van der Waals surface area (Å²) in [6.45, 7) is 0.880. The van der Waals surface area contributed by atoms with Gasteiger partial charge in [-0.3, -0.25) is 4.79 Å². The molecule has 21 heavy (non-hydrogen) atoms. The molecule has 0 spiro atoms. The van der Waals surface area contributed by atoms with E-state index in [4.69, 9.17) is 0 Å². The topological polar surface area (TPSA) is 41.1 Å². The van der Waals surface area contributed by atoms with Crippen molar-refractivity contribution in [3.8, 4) is 0 Å². The van der Waals surface area contributed by atoms with Crippen molar-refractivity contribution < 1.29 is 13.6 Å². The van der Waals surface area contributed by atoms with Crippen LogP contribution >= 0.6 is 0 Å². The van der Waals surface area contributed by atoms with Gasteiger partial charge in [0.15, 0.2) is 0 Å². The Morgan fingerprint density at radius 2 is 2.05 bits per heavy atom. The van der Waals surface area contributed by atoms with Gasteiger partial charge in [0.05, 0.1) is 5.69 Å². The van der Waals surface area contributed by atoms with Crippen LogP contribution in [0.25, 0.3) is 0 Å². The lowest BCUT2D eigenvalue weighted by atomic mass is 9.97. The molecular formula is C16H14F2N2O. The molecule has 1 aliphatic heterocycles. The summed E-state index contributed by atoms with van der Waals surface area (Å²) in [5.74, 6) is -1.85. The lowest BCUT2D eigenvalue weighted by Crippen LogP contribution is -2.19. The minimum absolute atomic E-state index is 0.0252. The van der Waals surface area contributed by atoms with Crippen molar-refractivity contribution in [2.24, 2.45) is 0 Å². The zero-order valence-electron chi connectivity index (χ0n) is 11.2. The van der Waals surface area contributed by atoms with Crippen molar-refractivity contribution >= 4 is 17.3 Å². The third-order valence-corrected chi connectivity index (χ3v) is 3.52. The van der Waals surface area contributed by atoms with Crippen LogP contribution in [0.3, 0.4) is 0 Å². The number of hydrogen-bond donors (Lipinski definition) is 2. The van der Waals surface area contributed by atoms with Crippen molar-refractivity contribution in [3.05, 3.63) is 59.2 Å². The third-order valence-electron chi connectivity index (χ3n) is 3.52. The first-order valence-corrected chi connectivity index (χ1v) is 6.77. The maximum atomic E-state index is 13.6. The molecule has 1 aliphatic rings. The van der Waals surface area contributed by atoms with Gasteiger partial charge >= 0.3 is 0 Å². The number of hydrogen-bond acceptors (Lipinski definition) is 2. The highest BCUT2D eigenvalue weighted by Gasteiger charge is 2.18. The predicted octanol–water partition coefficient (Wildman–Crippen LogP) is 3.58. The van der Waals surface area contributed by atoms with Crippen LogP contribution in [0.2, 0.25) is 0 Å². The van der Waals surface area contributed by atoms with Crippen LogP contribution < -0.4 is 10.6 Å². The van der Waals surface area contributed by atoms with Crippen LogP contribution in [0.1, 0.15) is 22.3 Å². The molecule has 2 aromatic carbocycles. The smallest absolute Gasteiger partial charge is 0.256 e. The molecule has 2 N–H and O–H groups in total. The lowest BCUT2D eigenvalue weighted by Gasteiger charge is -2.20. The third kappa shape index (κ3) is 2.72. The van der Waals surface area contributed by atoms with E-state index < -0.39 is 11.6 Å². The summed E-state index contributed by atoms with van der Waals surface area (Å²) in [6, 6.07) is 8.49. The van der Waals surface area contributed by atoms with Crippen LogP contribution in [0.5, 0.6) is 0 Å². The standard InChI is InChI=1S/C16H14F2N2O/c17-10-6-7-15(13(18)9-10)20-16(21)12-3-1-5-14-11(12)4-2-8-19-14/h1,3,5-7,9,19H,2,4,8H2,(H,20,21). The Morgan fingerprint density at radius 3 is 2.86 bits per heavy atom. The van der Waals surface area contributed by atoms with Crippen LogP contribution in [0.4, 0.5) is 20.2 Å². The van der Waals surface area contributed by atoms with E-state index in [1.165, 1.54) is 6.07 Å². The van der Waals surface area contributed by atoms with E-state index in [1.54, 1.807) is 12.1 Å². The molecule has 0 radical (unpaired) electrons.